The van der Waals surface area contributed by atoms with Gasteiger partial charge in [-0.15, -0.1) is 23.2 Å². The molecule has 0 saturated heterocycles. The number of hydrogen-bond donors (Lipinski definition) is 0. The third-order valence-corrected chi connectivity index (χ3v) is 0. The highest BCUT2D eigenvalue weighted by atomic mass is 35.6. The van der Waals surface area contributed by atoms with Gasteiger partial charge in [0.15, 0.2) is 0 Å². The van der Waals surface area contributed by atoms with Gasteiger partial charge in [0, 0.05) is 0 Å². The van der Waals surface area contributed by atoms with E-state index in [1.165, 1.54) is 0 Å². The Bertz CT molecular complexity index is 52.7. The number of rotatable bonds is 0. The van der Waals surface area contributed by atoms with Crippen LogP contribution >= 0.6 is 69.6 Å². The predicted octanol–water partition coefficient (Wildman–Crippen LogP) is 4.75. The zero-order valence-electron chi connectivity index (χ0n) is 5.27. The largest absolute Gasteiger partial charge is 0.266 e. The average molecular weight is 267 g/mol. The summed E-state index contributed by atoms with van der Waals surface area (Å²) in [6.07, 6.45) is 0. The van der Waals surface area contributed by atoms with Crippen LogP contribution in [-0.2, 0) is 0 Å². The summed E-state index contributed by atoms with van der Waals surface area (Å²) >= 11 is 29.9. The Morgan fingerprint density at radius 1 is 0.700 bits per heavy atom. The van der Waals surface area contributed by atoms with E-state index in [0.29, 0.717) is 0 Å². The maximum atomic E-state index is 5.30. The second kappa shape index (κ2) is 5.40. The van der Waals surface area contributed by atoms with Gasteiger partial charge in [-0.1, -0.05) is 46.4 Å². The molecule has 0 unspecified atom stereocenters. The van der Waals surface area contributed by atoms with E-state index < -0.39 is 7.59 Å². The summed E-state index contributed by atoms with van der Waals surface area (Å²) < 4.78 is -2.17. The van der Waals surface area contributed by atoms with E-state index in [1.54, 1.807) is 13.8 Å². The van der Waals surface area contributed by atoms with Crippen molar-refractivity contribution in [3.8, 4) is 0 Å². The molecule has 0 amide bonds. The zero-order valence-corrected chi connectivity index (χ0v) is 9.80. The van der Waals surface area contributed by atoms with Gasteiger partial charge < -0.3 is 0 Å². The first-order valence-electron chi connectivity index (χ1n) is 2.13. The lowest BCUT2D eigenvalue weighted by molar-refractivity contribution is 0.995. The van der Waals surface area contributed by atoms with Gasteiger partial charge in [0.05, 0.1) is 0 Å². The number of alkyl halides is 6. The Kier molecular flexibility index (Phi) is 7.70. The molecule has 6 heteroatoms. The molecule has 0 heterocycles. The Morgan fingerprint density at radius 3 is 0.700 bits per heavy atom. The topological polar surface area (TPSA) is 0 Å². The van der Waals surface area contributed by atoms with Crippen molar-refractivity contribution in [1.82, 2.24) is 0 Å². The molecule has 0 radical (unpaired) electrons. The van der Waals surface area contributed by atoms with Crippen LogP contribution in [0, 0.1) is 0 Å². The highest BCUT2D eigenvalue weighted by molar-refractivity contribution is 6.83. The molecule has 0 bridgehead atoms. The van der Waals surface area contributed by atoms with E-state index in [4.69, 9.17) is 69.6 Å². The molecule has 0 nitrogen and oxygen atoms in total. The second-order valence-corrected chi connectivity index (χ2v) is 7.27. The summed E-state index contributed by atoms with van der Waals surface area (Å²) in [5, 5.41) is 0. The highest BCUT2D eigenvalue weighted by Crippen LogP contribution is 2.29. The van der Waals surface area contributed by atoms with E-state index in [0.717, 1.165) is 0 Å². The normalized spacial score (nSPS) is 12.0. The molecule has 0 atom stereocenters. The SMILES string of the molecule is CC(C)(Cl)Cl.ClC(Cl)(Cl)Cl. The lowest BCUT2D eigenvalue weighted by Crippen LogP contribution is -1.93. The van der Waals surface area contributed by atoms with E-state index in [1.807, 2.05) is 0 Å². The van der Waals surface area contributed by atoms with Gasteiger partial charge in [0.25, 0.3) is 3.25 Å². The first-order valence-corrected chi connectivity index (χ1v) is 4.40. The fourth-order valence-electron chi connectivity index (χ4n) is 0. The molecular weight excluding hydrogens is 261 g/mol. The smallest absolute Gasteiger partial charge is 0.102 e. The molecular formula is C4H6Cl6. The number of halogens is 6. The molecule has 0 N–H and O–H groups in total. The Hall–Kier alpha value is 1.74. The van der Waals surface area contributed by atoms with Crippen LogP contribution in [-0.4, -0.2) is 7.59 Å². The Labute approximate surface area is 90.7 Å². The van der Waals surface area contributed by atoms with E-state index in [2.05, 4.69) is 0 Å². The predicted molar refractivity (Wildman–Crippen MR) is 51.9 cm³/mol. The number of hydrogen-bond acceptors (Lipinski definition) is 0. The van der Waals surface area contributed by atoms with Crippen LogP contribution < -0.4 is 0 Å². The molecule has 0 aliphatic carbocycles. The van der Waals surface area contributed by atoms with Crippen LogP contribution in [0.5, 0.6) is 0 Å². The van der Waals surface area contributed by atoms with Crippen LogP contribution in [0.15, 0.2) is 0 Å². The molecule has 0 aromatic carbocycles. The van der Waals surface area contributed by atoms with Gasteiger partial charge in [-0.2, -0.15) is 0 Å². The minimum Gasteiger partial charge on any atom is -0.102 e. The standard InChI is InChI=1S/C3H6Cl2.CCl4/c1-3(2,4)5;2-1(3,4)5/h1-2H3;. The van der Waals surface area contributed by atoms with Crippen molar-refractivity contribution in [3.63, 3.8) is 0 Å². The summed E-state index contributed by atoms with van der Waals surface area (Å²) in [5.74, 6) is 0. The maximum Gasteiger partial charge on any atom is 0.266 e. The highest BCUT2D eigenvalue weighted by Gasteiger charge is 2.11. The van der Waals surface area contributed by atoms with Crippen LogP contribution in [0.4, 0.5) is 0 Å². The van der Waals surface area contributed by atoms with Gasteiger partial charge in [-0.25, -0.2) is 0 Å². The first-order chi connectivity index (χ1) is 4.00. The van der Waals surface area contributed by atoms with Crippen LogP contribution in [0.1, 0.15) is 13.8 Å². The van der Waals surface area contributed by atoms with Crippen LogP contribution in [0.25, 0.3) is 0 Å². The third-order valence-electron chi connectivity index (χ3n) is 0. The lowest BCUT2D eigenvalue weighted by atomic mass is 10.6. The van der Waals surface area contributed by atoms with Gasteiger partial charge in [0.2, 0.25) is 0 Å². The summed E-state index contributed by atoms with van der Waals surface area (Å²) in [6, 6.07) is 0. The molecule has 0 rings (SSSR count). The van der Waals surface area contributed by atoms with Crippen LogP contribution in [0.2, 0.25) is 0 Å². The Morgan fingerprint density at radius 2 is 0.700 bits per heavy atom. The van der Waals surface area contributed by atoms with Crippen molar-refractivity contribution in [3.05, 3.63) is 0 Å². The molecule has 0 aliphatic rings. The van der Waals surface area contributed by atoms with Gasteiger partial charge in [-0.3, -0.25) is 0 Å². The van der Waals surface area contributed by atoms with Crippen molar-refractivity contribution in [2.24, 2.45) is 0 Å². The quantitative estimate of drug-likeness (QED) is 0.555. The Balaban J connectivity index is 0. The fraction of sp³-hybridized carbons (Fsp3) is 1.00. The van der Waals surface area contributed by atoms with Gasteiger partial charge in [-0.05, 0) is 13.8 Å². The molecule has 0 saturated carbocycles. The molecule has 0 fully saturated rings. The van der Waals surface area contributed by atoms with E-state index in [-0.39, 0.29) is 0 Å². The van der Waals surface area contributed by atoms with Crippen molar-refractivity contribution in [2.75, 3.05) is 0 Å². The van der Waals surface area contributed by atoms with Crippen molar-refractivity contribution >= 4 is 69.6 Å². The maximum absolute atomic E-state index is 5.30. The van der Waals surface area contributed by atoms with E-state index in [9.17, 15) is 0 Å². The van der Waals surface area contributed by atoms with Crippen molar-refractivity contribution in [2.45, 2.75) is 21.4 Å². The third kappa shape index (κ3) is 246. The van der Waals surface area contributed by atoms with E-state index >= 15 is 0 Å². The fourth-order valence-corrected chi connectivity index (χ4v) is 0. The van der Waals surface area contributed by atoms with Gasteiger partial charge in [0.1, 0.15) is 4.33 Å². The van der Waals surface area contributed by atoms with Gasteiger partial charge >= 0.3 is 0 Å². The monoisotopic (exact) mass is 264 g/mol. The first kappa shape index (κ1) is 14.3. The summed E-state index contributed by atoms with van der Waals surface area (Å²) in [7, 11) is 0. The molecule has 64 valence electrons. The molecule has 0 spiro atoms. The summed E-state index contributed by atoms with van der Waals surface area (Å²) in [4.78, 5) is 0. The molecule has 0 aromatic heterocycles. The lowest BCUT2D eigenvalue weighted by Gasteiger charge is -1.98. The second-order valence-electron chi connectivity index (χ2n) is 1.76. The zero-order chi connectivity index (χ0) is 9.00. The minimum absolute atomic E-state index is 0.556. The van der Waals surface area contributed by atoms with Crippen molar-refractivity contribution < 1.29 is 0 Å². The summed E-state index contributed by atoms with van der Waals surface area (Å²) in [6.45, 7) is 3.44. The minimum atomic E-state index is -1.61. The average Bonchev–Trinajstić information content (AvgIpc) is 1.12. The molecule has 10 heavy (non-hydrogen) atoms. The van der Waals surface area contributed by atoms with Crippen LogP contribution in [0.3, 0.4) is 0 Å². The summed E-state index contributed by atoms with van der Waals surface area (Å²) in [5.41, 5.74) is 0. The molecule has 0 aliphatic heterocycles. The van der Waals surface area contributed by atoms with Crippen molar-refractivity contribution in [1.29, 1.82) is 0 Å². The molecule has 0 aromatic rings.